The first-order chi connectivity index (χ1) is 11.8. The van der Waals surface area contributed by atoms with Crippen LogP contribution in [-0.2, 0) is 10.8 Å². The molecule has 0 aliphatic heterocycles. The second-order valence-corrected chi connectivity index (χ2v) is 8.21. The van der Waals surface area contributed by atoms with Crippen LogP contribution in [0.3, 0.4) is 0 Å². The number of nitrogens with zero attached hydrogens (tertiary/aromatic N) is 1. The van der Waals surface area contributed by atoms with Crippen molar-refractivity contribution in [3.8, 4) is 5.75 Å². The van der Waals surface area contributed by atoms with Crippen LogP contribution in [0.1, 0.15) is 51.7 Å². The molecule has 2 aromatic rings. The van der Waals surface area contributed by atoms with E-state index in [-0.39, 0.29) is 10.8 Å². The number of ether oxygens (including phenoxy) is 1. The Bertz CT molecular complexity index is 801. The number of nitrogens with two attached hydrogens (primary N) is 1. The SMILES string of the molecule is COc1ccc([N+](=CN)c2ccc3c(c2)C(C)(C)CCC3(C)C)cc1. The van der Waals surface area contributed by atoms with Crippen molar-refractivity contribution in [2.45, 2.75) is 51.4 Å². The molecular formula is C22H29N2O+. The summed E-state index contributed by atoms with van der Waals surface area (Å²) in [6, 6.07) is 14.7. The van der Waals surface area contributed by atoms with Crippen LogP contribution < -0.4 is 15.0 Å². The van der Waals surface area contributed by atoms with E-state index in [4.69, 9.17) is 10.5 Å². The Balaban J connectivity index is 2.08. The predicted octanol–water partition coefficient (Wildman–Crippen LogP) is 4.87. The number of rotatable bonds is 3. The third-order valence-electron chi connectivity index (χ3n) is 5.61. The monoisotopic (exact) mass is 337 g/mol. The molecular weight excluding hydrogens is 308 g/mol. The summed E-state index contributed by atoms with van der Waals surface area (Å²) in [5.74, 6) is 0.842. The van der Waals surface area contributed by atoms with E-state index in [9.17, 15) is 0 Å². The summed E-state index contributed by atoms with van der Waals surface area (Å²) in [4.78, 5) is 0. The van der Waals surface area contributed by atoms with Gasteiger partial charge in [-0.1, -0.05) is 33.8 Å². The highest BCUT2D eigenvalue weighted by Gasteiger charge is 2.37. The summed E-state index contributed by atoms with van der Waals surface area (Å²) in [5.41, 5.74) is 11.4. The van der Waals surface area contributed by atoms with Crippen LogP contribution in [0, 0.1) is 0 Å². The zero-order valence-corrected chi connectivity index (χ0v) is 16.0. The average Bonchev–Trinajstić information content (AvgIpc) is 2.60. The maximum atomic E-state index is 5.97. The second kappa shape index (κ2) is 6.21. The molecule has 3 heteroatoms. The average molecular weight is 337 g/mol. The summed E-state index contributed by atoms with van der Waals surface area (Å²) in [5, 5.41) is 0. The Kier molecular flexibility index (Phi) is 4.36. The minimum absolute atomic E-state index is 0.182. The Hall–Kier alpha value is -2.29. The predicted molar refractivity (Wildman–Crippen MR) is 106 cm³/mol. The van der Waals surface area contributed by atoms with Crippen molar-refractivity contribution in [3.63, 3.8) is 0 Å². The van der Waals surface area contributed by atoms with Gasteiger partial charge in [0.1, 0.15) is 17.1 Å². The second-order valence-electron chi connectivity index (χ2n) is 8.21. The molecule has 3 nitrogen and oxygen atoms in total. The van der Waals surface area contributed by atoms with Crippen molar-refractivity contribution in [2.24, 2.45) is 5.73 Å². The zero-order valence-electron chi connectivity index (χ0n) is 16.0. The van der Waals surface area contributed by atoms with Gasteiger partial charge in [-0.2, -0.15) is 4.58 Å². The lowest BCUT2D eigenvalue weighted by Crippen LogP contribution is -2.34. The quantitative estimate of drug-likeness (QED) is 0.493. The van der Waals surface area contributed by atoms with Crippen molar-refractivity contribution >= 4 is 17.7 Å². The van der Waals surface area contributed by atoms with Crippen LogP contribution >= 0.6 is 0 Å². The summed E-state index contributed by atoms with van der Waals surface area (Å²) < 4.78 is 7.28. The fourth-order valence-electron chi connectivity index (χ4n) is 3.79. The van der Waals surface area contributed by atoms with Crippen molar-refractivity contribution in [1.82, 2.24) is 4.58 Å². The third kappa shape index (κ3) is 3.15. The van der Waals surface area contributed by atoms with E-state index in [1.807, 2.05) is 28.8 Å². The molecule has 1 aliphatic rings. The number of hydrogen-bond donors (Lipinski definition) is 1. The smallest absolute Gasteiger partial charge is 0.240 e. The molecule has 0 saturated carbocycles. The van der Waals surface area contributed by atoms with Gasteiger partial charge >= 0.3 is 0 Å². The van der Waals surface area contributed by atoms with Crippen molar-refractivity contribution in [2.75, 3.05) is 7.11 Å². The lowest BCUT2D eigenvalue weighted by atomic mass is 9.63. The number of methoxy groups -OCH3 is 1. The molecule has 0 fully saturated rings. The van der Waals surface area contributed by atoms with Gasteiger partial charge in [0.25, 0.3) is 0 Å². The fraction of sp³-hybridized carbons (Fsp3) is 0.409. The van der Waals surface area contributed by atoms with E-state index < -0.39 is 0 Å². The van der Waals surface area contributed by atoms with Gasteiger partial charge in [0.2, 0.25) is 6.34 Å². The minimum Gasteiger partial charge on any atom is -0.497 e. The van der Waals surface area contributed by atoms with Gasteiger partial charge in [-0.25, -0.2) is 0 Å². The van der Waals surface area contributed by atoms with Crippen molar-refractivity contribution < 1.29 is 4.74 Å². The largest absolute Gasteiger partial charge is 0.497 e. The van der Waals surface area contributed by atoms with Crippen LogP contribution in [0.15, 0.2) is 42.5 Å². The lowest BCUT2D eigenvalue weighted by Gasteiger charge is -2.41. The first-order valence-corrected chi connectivity index (χ1v) is 8.92. The molecule has 1 aliphatic carbocycles. The van der Waals surface area contributed by atoms with Gasteiger partial charge in [0, 0.05) is 0 Å². The fourth-order valence-corrected chi connectivity index (χ4v) is 3.79. The molecule has 0 aromatic heterocycles. The number of hydrogen-bond acceptors (Lipinski definition) is 1. The molecule has 0 unspecified atom stereocenters. The highest BCUT2D eigenvalue weighted by atomic mass is 16.5. The number of benzene rings is 2. The van der Waals surface area contributed by atoms with E-state index in [0.29, 0.717) is 0 Å². The van der Waals surface area contributed by atoms with Crippen molar-refractivity contribution in [1.29, 1.82) is 0 Å². The number of fused-ring (bicyclic) bond motifs is 1. The Morgan fingerprint density at radius 3 is 2.00 bits per heavy atom. The zero-order chi connectivity index (χ0) is 18.2. The molecule has 0 bridgehead atoms. The normalized spacial score (nSPS) is 18.5. The van der Waals surface area contributed by atoms with Gasteiger partial charge in [0.05, 0.1) is 7.11 Å². The molecule has 25 heavy (non-hydrogen) atoms. The molecule has 0 saturated heterocycles. The maximum Gasteiger partial charge on any atom is 0.240 e. The standard InChI is InChI=1S/C22H28N2O/c1-21(2)12-13-22(3,4)20-14-17(8-11-19(20)21)24(15-23)16-6-9-18(25-5)10-7-16/h6-11,14-15,23H,12-13H2,1-5H3/p+1. The van der Waals surface area contributed by atoms with E-state index in [1.54, 1.807) is 13.4 Å². The highest BCUT2D eigenvalue weighted by molar-refractivity contribution is 5.70. The molecule has 132 valence electrons. The summed E-state index contributed by atoms with van der Waals surface area (Å²) in [6.45, 7) is 9.37. The minimum atomic E-state index is 0.182. The molecule has 0 radical (unpaired) electrons. The maximum absolute atomic E-state index is 5.97. The molecule has 0 amide bonds. The van der Waals surface area contributed by atoms with Gasteiger partial charge in [-0.3, -0.25) is 5.73 Å². The van der Waals surface area contributed by atoms with Crippen LogP contribution in [0.25, 0.3) is 0 Å². The van der Waals surface area contributed by atoms with Gasteiger partial charge in [-0.05, 0) is 71.2 Å². The van der Waals surface area contributed by atoms with E-state index in [0.717, 1.165) is 17.1 Å². The summed E-state index contributed by atoms with van der Waals surface area (Å²) >= 11 is 0. The molecule has 3 rings (SSSR count). The van der Waals surface area contributed by atoms with Crippen LogP contribution in [-0.4, -0.2) is 13.4 Å². The van der Waals surface area contributed by atoms with E-state index in [2.05, 4.69) is 45.9 Å². The van der Waals surface area contributed by atoms with Gasteiger partial charge in [-0.15, -0.1) is 0 Å². The third-order valence-corrected chi connectivity index (χ3v) is 5.61. The summed E-state index contributed by atoms with van der Waals surface area (Å²) in [6.07, 6.45) is 4.05. The van der Waals surface area contributed by atoms with E-state index >= 15 is 0 Å². The van der Waals surface area contributed by atoms with Crippen molar-refractivity contribution in [3.05, 3.63) is 53.6 Å². The Morgan fingerprint density at radius 1 is 0.880 bits per heavy atom. The first kappa shape index (κ1) is 17.5. The molecule has 2 aromatic carbocycles. The molecule has 0 spiro atoms. The Labute approximate surface area is 151 Å². The van der Waals surface area contributed by atoms with Gasteiger partial charge < -0.3 is 4.74 Å². The van der Waals surface area contributed by atoms with E-state index in [1.165, 1.54) is 24.0 Å². The molecule has 2 N–H and O–H groups in total. The lowest BCUT2D eigenvalue weighted by molar-refractivity contribution is 0.332. The Morgan fingerprint density at radius 2 is 1.44 bits per heavy atom. The topological polar surface area (TPSA) is 38.3 Å². The summed E-state index contributed by atoms with van der Waals surface area (Å²) in [7, 11) is 1.68. The molecule has 0 atom stereocenters. The first-order valence-electron chi connectivity index (χ1n) is 8.92. The van der Waals surface area contributed by atoms with Crippen LogP contribution in [0.5, 0.6) is 5.75 Å². The van der Waals surface area contributed by atoms with Gasteiger partial charge in [0.15, 0.2) is 0 Å². The highest BCUT2D eigenvalue weighted by Crippen LogP contribution is 2.46. The van der Waals surface area contributed by atoms with Crippen LogP contribution in [0.4, 0.5) is 11.4 Å². The molecule has 0 heterocycles. The van der Waals surface area contributed by atoms with Crippen LogP contribution in [0.2, 0.25) is 0 Å².